The highest BCUT2D eigenvalue weighted by Gasteiger charge is 2.00. The molecule has 1 N–H and O–H groups in total. The van der Waals surface area contributed by atoms with Gasteiger partial charge in [-0.1, -0.05) is 0 Å². The zero-order valence-electron chi connectivity index (χ0n) is 9.45. The average Bonchev–Trinajstić information content (AvgIpc) is 2.70. The van der Waals surface area contributed by atoms with E-state index in [-0.39, 0.29) is 5.82 Å². The van der Waals surface area contributed by atoms with Gasteiger partial charge in [-0.25, -0.2) is 9.37 Å². The van der Waals surface area contributed by atoms with Gasteiger partial charge in [-0.05, 0) is 41.1 Å². The predicted octanol–water partition coefficient (Wildman–Crippen LogP) is 3.21. The fraction of sp³-hybridized carbons (Fsp3) is 0.250. The summed E-state index contributed by atoms with van der Waals surface area (Å²) in [6.45, 7) is 3.57. The molecular weight excluding hydrogens is 285 g/mol. The van der Waals surface area contributed by atoms with Crippen molar-refractivity contribution < 1.29 is 4.39 Å². The molecule has 0 saturated carbocycles. The lowest BCUT2D eigenvalue weighted by molar-refractivity contribution is 0.621. The van der Waals surface area contributed by atoms with Crippen molar-refractivity contribution in [2.24, 2.45) is 0 Å². The Hall–Kier alpha value is -1.36. The van der Waals surface area contributed by atoms with Crippen LogP contribution in [-0.4, -0.2) is 16.1 Å². The number of hydrogen-bond acceptors (Lipinski definition) is 2. The van der Waals surface area contributed by atoms with E-state index in [1.807, 2.05) is 13.1 Å². The van der Waals surface area contributed by atoms with Crippen LogP contribution in [0.1, 0.15) is 5.82 Å². The molecule has 5 heteroatoms. The van der Waals surface area contributed by atoms with Crippen molar-refractivity contribution in [3.8, 4) is 0 Å². The number of rotatable bonds is 4. The molecular formula is C12H13BrFN3. The van der Waals surface area contributed by atoms with E-state index < -0.39 is 0 Å². The standard InChI is InChI=1S/C12H13BrFN3/c1-9-15-4-6-17(9)7-5-16-10-2-3-12(14)11(13)8-10/h2-4,6,8,16H,5,7H2,1H3. The summed E-state index contributed by atoms with van der Waals surface area (Å²) in [6.07, 6.45) is 3.72. The molecule has 1 aromatic carbocycles. The molecule has 1 heterocycles. The van der Waals surface area contributed by atoms with Gasteiger partial charge in [0.25, 0.3) is 0 Å². The van der Waals surface area contributed by atoms with E-state index in [1.165, 1.54) is 6.07 Å². The number of imidazole rings is 1. The Labute approximate surface area is 108 Å². The Morgan fingerprint density at radius 2 is 2.29 bits per heavy atom. The van der Waals surface area contributed by atoms with Crippen LogP contribution in [0.4, 0.5) is 10.1 Å². The lowest BCUT2D eigenvalue weighted by Crippen LogP contribution is -2.11. The summed E-state index contributed by atoms with van der Waals surface area (Å²) >= 11 is 3.16. The first-order valence-corrected chi connectivity index (χ1v) is 6.13. The van der Waals surface area contributed by atoms with Crippen molar-refractivity contribution in [2.75, 3.05) is 11.9 Å². The minimum atomic E-state index is -0.249. The highest BCUT2D eigenvalue weighted by Crippen LogP contribution is 2.19. The number of hydrogen-bond donors (Lipinski definition) is 1. The maximum atomic E-state index is 13.0. The van der Waals surface area contributed by atoms with Gasteiger partial charge < -0.3 is 9.88 Å². The molecule has 3 nitrogen and oxygen atoms in total. The topological polar surface area (TPSA) is 29.9 Å². The number of anilines is 1. The van der Waals surface area contributed by atoms with Crippen LogP contribution >= 0.6 is 15.9 Å². The number of benzene rings is 1. The average molecular weight is 298 g/mol. The van der Waals surface area contributed by atoms with Gasteiger partial charge in [-0.15, -0.1) is 0 Å². The molecule has 0 aliphatic rings. The number of aromatic nitrogens is 2. The smallest absolute Gasteiger partial charge is 0.137 e. The van der Waals surface area contributed by atoms with Gasteiger partial charge in [0.05, 0.1) is 4.47 Å². The van der Waals surface area contributed by atoms with E-state index in [0.717, 1.165) is 24.6 Å². The number of halogens is 2. The molecule has 0 unspecified atom stereocenters. The molecule has 0 radical (unpaired) electrons. The lowest BCUT2D eigenvalue weighted by Gasteiger charge is -2.08. The van der Waals surface area contributed by atoms with E-state index in [2.05, 4.69) is 30.8 Å². The SMILES string of the molecule is Cc1nccn1CCNc1ccc(F)c(Br)c1. The van der Waals surface area contributed by atoms with Crippen molar-refractivity contribution >= 4 is 21.6 Å². The second kappa shape index (κ2) is 5.31. The Morgan fingerprint density at radius 1 is 1.47 bits per heavy atom. The van der Waals surface area contributed by atoms with Crippen LogP contribution in [0.15, 0.2) is 35.1 Å². The molecule has 0 saturated heterocycles. The molecule has 0 amide bonds. The quantitative estimate of drug-likeness (QED) is 0.939. The first kappa shape index (κ1) is 12.1. The third-order valence-electron chi connectivity index (χ3n) is 2.53. The second-order valence-corrected chi connectivity index (χ2v) is 4.58. The molecule has 0 fully saturated rings. The number of aryl methyl sites for hydroxylation is 1. The molecule has 1 aromatic heterocycles. The van der Waals surface area contributed by atoms with Gasteiger partial charge in [-0.2, -0.15) is 0 Å². The zero-order chi connectivity index (χ0) is 12.3. The maximum absolute atomic E-state index is 13.0. The molecule has 0 aliphatic heterocycles. The third-order valence-corrected chi connectivity index (χ3v) is 3.13. The van der Waals surface area contributed by atoms with Crippen LogP contribution < -0.4 is 5.32 Å². The summed E-state index contributed by atoms with van der Waals surface area (Å²) < 4.78 is 15.5. The van der Waals surface area contributed by atoms with E-state index in [4.69, 9.17) is 0 Å². The van der Waals surface area contributed by atoms with Gasteiger partial charge >= 0.3 is 0 Å². The van der Waals surface area contributed by atoms with Crippen LogP contribution in [0.25, 0.3) is 0 Å². The van der Waals surface area contributed by atoms with Crippen molar-refractivity contribution in [3.05, 3.63) is 46.7 Å². The predicted molar refractivity (Wildman–Crippen MR) is 69.6 cm³/mol. The minimum absolute atomic E-state index is 0.249. The Morgan fingerprint density at radius 3 is 2.94 bits per heavy atom. The Bertz CT molecular complexity index is 510. The highest BCUT2D eigenvalue weighted by molar-refractivity contribution is 9.10. The van der Waals surface area contributed by atoms with Crippen LogP contribution in [0.3, 0.4) is 0 Å². The Kier molecular flexibility index (Phi) is 3.78. The highest BCUT2D eigenvalue weighted by atomic mass is 79.9. The first-order chi connectivity index (χ1) is 8.16. The molecule has 90 valence electrons. The summed E-state index contributed by atoms with van der Waals surface area (Å²) in [4.78, 5) is 4.15. The fourth-order valence-electron chi connectivity index (χ4n) is 1.57. The van der Waals surface area contributed by atoms with E-state index >= 15 is 0 Å². The summed E-state index contributed by atoms with van der Waals surface area (Å²) in [6, 6.07) is 4.89. The van der Waals surface area contributed by atoms with Crippen molar-refractivity contribution in [1.82, 2.24) is 9.55 Å². The molecule has 2 rings (SSSR count). The summed E-state index contributed by atoms with van der Waals surface area (Å²) in [5, 5.41) is 3.23. The number of nitrogens with one attached hydrogen (secondary N) is 1. The van der Waals surface area contributed by atoms with Gasteiger partial charge in [0.1, 0.15) is 11.6 Å². The monoisotopic (exact) mass is 297 g/mol. The summed E-state index contributed by atoms with van der Waals surface area (Å²) in [5.74, 6) is 0.744. The maximum Gasteiger partial charge on any atom is 0.137 e. The van der Waals surface area contributed by atoms with Crippen LogP contribution in [0.2, 0.25) is 0 Å². The molecule has 0 spiro atoms. The Balaban J connectivity index is 1.90. The normalized spacial score (nSPS) is 10.5. The largest absolute Gasteiger partial charge is 0.383 e. The van der Waals surface area contributed by atoms with Crippen LogP contribution in [0, 0.1) is 12.7 Å². The van der Waals surface area contributed by atoms with Crippen LogP contribution in [-0.2, 0) is 6.54 Å². The van der Waals surface area contributed by atoms with E-state index in [9.17, 15) is 4.39 Å². The number of nitrogens with zero attached hydrogens (tertiary/aromatic N) is 2. The second-order valence-electron chi connectivity index (χ2n) is 3.72. The van der Waals surface area contributed by atoms with Crippen LogP contribution in [0.5, 0.6) is 0 Å². The van der Waals surface area contributed by atoms with Gasteiger partial charge in [-0.3, -0.25) is 0 Å². The molecule has 2 aromatic rings. The zero-order valence-corrected chi connectivity index (χ0v) is 11.0. The van der Waals surface area contributed by atoms with Crippen molar-refractivity contribution in [1.29, 1.82) is 0 Å². The van der Waals surface area contributed by atoms with Gasteiger partial charge in [0.15, 0.2) is 0 Å². The van der Waals surface area contributed by atoms with E-state index in [1.54, 1.807) is 18.3 Å². The minimum Gasteiger partial charge on any atom is -0.383 e. The molecule has 0 atom stereocenters. The van der Waals surface area contributed by atoms with Gasteiger partial charge in [0, 0.05) is 31.2 Å². The van der Waals surface area contributed by atoms with Crippen molar-refractivity contribution in [3.63, 3.8) is 0 Å². The summed E-state index contributed by atoms with van der Waals surface area (Å²) in [7, 11) is 0. The first-order valence-electron chi connectivity index (χ1n) is 5.33. The third kappa shape index (κ3) is 3.06. The fourth-order valence-corrected chi connectivity index (χ4v) is 1.95. The summed E-state index contributed by atoms with van der Waals surface area (Å²) in [5.41, 5.74) is 0.899. The lowest BCUT2D eigenvalue weighted by atomic mass is 10.3. The molecule has 0 bridgehead atoms. The van der Waals surface area contributed by atoms with Gasteiger partial charge in [0.2, 0.25) is 0 Å². The molecule has 17 heavy (non-hydrogen) atoms. The van der Waals surface area contributed by atoms with E-state index in [0.29, 0.717) is 4.47 Å². The molecule has 0 aliphatic carbocycles. The van der Waals surface area contributed by atoms with Crippen molar-refractivity contribution in [2.45, 2.75) is 13.5 Å².